The minimum Gasteiger partial charge on any atom is -0.446 e. The molecule has 0 saturated carbocycles. The maximum Gasteiger partial charge on any atom is 0.407 e. The fourth-order valence-electron chi connectivity index (χ4n) is 3.67. The van der Waals surface area contributed by atoms with Crippen molar-refractivity contribution >= 4 is 17.9 Å². The van der Waals surface area contributed by atoms with Crippen LogP contribution in [0.2, 0.25) is 0 Å². The predicted octanol–water partition coefficient (Wildman–Crippen LogP) is 1.63. The van der Waals surface area contributed by atoms with Gasteiger partial charge in [0, 0.05) is 18.7 Å². The number of hydrogen-bond acceptors (Lipinski definition) is 10. The first-order valence-corrected chi connectivity index (χ1v) is 13.8. The molecular formula is C27H44N2O10. The topological polar surface area (TPSA) is 131 Å². The summed E-state index contributed by atoms with van der Waals surface area (Å²) in [6, 6.07) is 0. The molecule has 12 nitrogen and oxygen atoms in total. The number of ether oxygens (including phenoxy) is 7. The summed E-state index contributed by atoms with van der Waals surface area (Å²) in [6.07, 6.45) is 11.3. The molecule has 0 bridgehead atoms. The molecule has 1 unspecified atom stereocenters. The number of carbonyl (C=O) groups is 3. The highest BCUT2D eigenvalue weighted by Crippen LogP contribution is 2.15. The van der Waals surface area contributed by atoms with Gasteiger partial charge in [-0.1, -0.05) is 12.2 Å². The zero-order valence-corrected chi connectivity index (χ0v) is 22.9. The largest absolute Gasteiger partial charge is 0.446 e. The molecule has 0 aromatic carbocycles. The third-order valence-corrected chi connectivity index (χ3v) is 5.73. The number of amides is 3. The highest BCUT2D eigenvalue weighted by Gasteiger charge is 2.22. The second-order valence-corrected chi connectivity index (χ2v) is 8.77. The van der Waals surface area contributed by atoms with Crippen LogP contribution in [-0.4, -0.2) is 121 Å². The Bertz CT molecular complexity index is 728. The van der Waals surface area contributed by atoms with Crippen molar-refractivity contribution in [1.82, 2.24) is 10.2 Å². The summed E-state index contributed by atoms with van der Waals surface area (Å²) in [6.45, 7) is 5.73. The first-order chi connectivity index (χ1) is 19.2. The van der Waals surface area contributed by atoms with Crippen LogP contribution in [-0.2, 0) is 42.7 Å². The third-order valence-electron chi connectivity index (χ3n) is 5.73. The summed E-state index contributed by atoms with van der Waals surface area (Å²) in [7, 11) is 0. The highest BCUT2D eigenvalue weighted by molar-refractivity contribution is 6.12. The molecule has 222 valence electrons. The van der Waals surface area contributed by atoms with E-state index in [1.54, 1.807) is 0 Å². The molecule has 39 heavy (non-hydrogen) atoms. The summed E-state index contributed by atoms with van der Waals surface area (Å²) in [5.74, 6) is -0.615. The average molecular weight is 557 g/mol. The first-order valence-electron chi connectivity index (χ1n) is 13.8. The van der Waals surface area contributed by atoms with Gasteiger partial charge in [0.05, 0.1) is 85.8 Å². The standard InChI is InChI=1S/C27H44N2O10/c30-25-8-9-26(31)29(25)11-13-34-15-17-36-19-21-38-23-22-37-20-18-35-16-14-33-12-10-28-27(32)39-24-6-4-2-1-3-5-7-24/h1-2,8-9,24H,3-7,10-23H2,(H,28,32)/b2-1+. The molecule has 1 atom stereocenters. The zero-order chi connectivity index (χ0) is 27.8. The Balaban J connectivity index is 1.22. The lowest BCUT2D eigenvalue weighted by Gasteiger charge is -2.18. The van der Waals surface area contributed by atoms with Gasteiger partial charge >= 0.3 is 6.09 Å². The van der Waals surface area contributed by atoms with E-state index in [9.17, 15) is 14.4 Å². The Morgan fingerprint density at radius 1 is 0.692 bits per heavy atom. The van der Waals surface area contributed by atoms with E-state index in [1.807, 2.05) is 0 Å². The van der Waals surface area contributed by atoms with Crippen LogP contribution < -0.4 is 5.32 Å². The zero-order valence-electron chi connectivity index (χ0n) is 22.9. The Hall–Kier alpha value is -2.35. The van der Waals surface area contributed by atoms with Crippen molar-refractivity contribution in [1.29, 1.82) is 0 Å². The summed E-state index contributed by atoms with van der Waals surface area (Å²) >= 11 is 0. The van der Waals surface area contributed by atoms with Crippen molar-refractivity contribution in [2.75, 3.05) is 92.4 Å². The van der Waals surface area contributed by atoms with E-state index in [0.717, 1.165) is 37.0 Å². The van der Waals surface area contributed by atoms with E-state index < -0.39 is 0 Å². The number of imide groups is 1. The van der Waals surface area contributed by atoms with Crippen LogP contribution in [0, 0.1) is 0 Å². The van der Waals surface area contributed by atoms with Gasteiger partial charge in [0.2, 0.25) is 0 Å². The molecule has 1 aliphatic heterocycles. The number of rotatable bonds is 22. The maximum absolute atomic E-state index is 11.9. The Morgan fingerprint density at radius 3 is 1.74 bits per heavy atom. The Morgan fingerprint density at radius 2 is 1.18 bits per heavy atom. The molecule has 1 N–H and O–H groups in total. The van der Waals surface area contributed by atoms with E-state index in [1.165, 1.54) is 12.2 Å². The second-order valence-electron chi connectivity index (χ2n) is 8.77. The van der Waals surface area contributed by atoms with Gasteiger partial charge in [-0.3, -0.25) is 14.5 Å². The Labute approximate surface area is 230 Å². The molecule has 3 amide bonds. The summed E-state index contributed by atoms with van der Waals surface area (Å²) < 4.78 is 38.0. The first kappa shape index (κ1) is 32.9. The molecule has 1 heterocycles. The monoisotopic (exact) mass is 556 g/mol. The van der Waals surface area contributed by atoms with E-state index in [-0.39, 0.29) is 37.2 Å². The lowest BCUT2D eigenvalue weighted by Crippen LogP contribution is -2.33. The van der Waals surface area contributed by atoms with E-state index in [4.69, 9.17) is 33.2 Å². The number of alkyl carbamates (subject to hydrolysis) is 1. The SMILES string of the molecule is O=C(NCCOCCOCCOCCOCCOCCOCCN1C(=O)C=CC1=O)OC1CC/C=C/CCC1. The highest BCUT2D eigenvalue weighted by atomic mass is 16.6. The van der Waals surface area contributed by atoms with Crippen molar-refractivity contribution in [2.45, 2.75) is 38.2 Å². The minimum absolute atomic E-state index is 0.0112. The fourth-order valence-corrected chi connectivity index (χ4v) is 3.67. The van der Waals surface area contributed by atoms with Gasteiger partial charge in [-0.25, -0.2) is 4.79 Å². The molecule has 2 rings (SSSR count). The quantitative estimate of drug-likeness (QED) is 0.119. The number of carbonyl (C=O) groups excluding carboxylic acids is 3. The van der Waals surface area contributed by atoms with Gasteiger partial charge in [-0.15, -0.1) is 0 Å². The van der Waals surface area contributed by atoms with E-state index in [0.29, 0.717) is 79.2 Å². The van der Waals surface area contributed by atoms with Crippen LogP contribution in [0.5, 0.6) is 0 Å². The van der Waals surface area contributed by atoms with Gasteiger partial charge in [0.15, 0.2) is 0 Å². The van der Waals surface area contributed by atoms with Gasteiger partial charge in [-0.05, 0) is 32.1 Å². The van der Waals surface area contributed by atoms with Gasteiger partial charge in [-0.2, -0.15) is 0 Å². The lowest BCUT2D eigenvalue weighted by molar-refractivity contribution is -0.137. The van der Waals surface area contributed by atoms with Crippen LogP contribution in [0.3, 0.4) is 0 Å². The van der Waals surface area contributed by atoms with Crippen LogP contribution in [0.15, 0.2) is 24.3 Å². The molecule has 12 heteroatoms. The minimum atomic E-state index is -0.384. The van der Waals surface area contributed by atoms with E-state index >= 15 is 0 Å². The van der Waals surface area contributed by atoms with Gasteiger partial charge in [0.1, 0.15) is 6.10 Å². The van der Waals surface area contributed by atoms with Crippen molar-refractivity contribution in [3.05, 3.63) is 24.3 Å². The number of hydrogen-bond donors (Lipinski definition) is 1. The molecule has 0 saturated heterocycles. The average Bonchev–Trinajstić information content (AvgIpc) is 3.23. The van der Waals surface area contributed by atoms with Gasteiger partial charge < -0.3 is 38.5 Å². The van der Waals surface area contributed by atoms with Crippen LogP contribution in [0.1, 0.15) is 32.1 Å². The second kappa shape index (κ2) is 22.5. The van der Waals surface area contributed by atoms with Crippen molar-refractivity contribution in [3.8, 4) is 0 Å². The fraction of sp³-hybridized carbons (Fsp3) is 0.741. The molecule has 0 radical (unpaired) electrons. The van der Waals surface area contributed by atoms with Crippen molar-refractivity contribution < 1.29 is 47.5 Å². The van der Waals surface area contributed by atoms with Crippen LogP contribution in [0.25, 0.3) is 0 Å². The number of allylic oxidation sites excluding steroid dienone is 2. The van der Waals surface area contributed by atoms with Crippen molar-refractivity contribution in [3.63, 3.8) is 0 Å². The molecule has 0 aromatic rings. The molecule has 0 spiro atoms. The molecular weight excluding hydrogens is 512 g/mol. The van der Waals surface area contributed by atoms with Crippen LogP contribution >= 0.6 is 0 Å². The summed E-state index contributed by atoms with van der Waals surface area (Å²) in [5.41, 5.74) is 0. The number of nitrogens with zero attached hydrogens (tertiary/aromatic N) is 1. The Kier molecular flexibility index (Phi) is 18.9. The molecule has 0 fully saturated rings. The molecule has 2 aliphatic rings. The number of nitrogens with one attached hydrogen (secondary N) is 1. The molecule has 0 aromatic heterocycles. The smallest absolute Gasteiger partial charge is 0.407 e. The van der Waals surface area contributed by atoms with E-state index in [2.05, 4.69) is 17.5 Å². The van der Waals surface area contributed by atoms with Gasteiger partial charge in [0.25, 0.3) is 11.8 Å². The third kappa shape index (κ3) is 17.1. The van der Waals surface area contributed by atoms with Crippen molar-refractivity contribution in [2.24, 2.45) is 0 Å². The van der Waals surface area contributed by atoms with Crippen LogP contribution in [0.4, 0.5) is 4.79 Å². The summed E-state index contributed by atoms with van der Waals surface area (Å²) in [5, 5.41) is 2.72. The normalized spacial score (nSPS) is 18.3. The summed E-state index contributed by atoms with van der Waals surface area (Å²) in [4.78, 5) is 35.8. The molecule has 1 aliphatic carbocycles. The lowest BCUT2D eigenvalue weighted by atomic mass is 10.0. The maximum atomic E-state index is 11.9. The predicted molar refractivity (Wildman–Crippen MR) is 141 cm³/mol.